The Morgan fingerprint density at radius 2 is 1.53 bits per heavy atom. The zero-order chi connectivity index (χ0) is 33.1. The molecule has 0 spiro atoms. The largest absolute Gasteiger partial charge is 0.351 e. The number of nitrogens with zero attached hydrogens (tertiary/aromatic N) is 5. The Bertz CT molecular complexity index is 2130. The van der Waals surface area contributed by atoms with Gasteiger partial charge in [-0.15, -0.1) is 0 Å². The summed E-state index contributed by atoms with van der Waals surface area (Å²) in [5, 5.41) is 16.0. The summed E-state index contributed by atoms with van der Waals surface area (Å²) in [6, 6.07) is 13.6. The lowest BCUT2D eigenvalue weighted by molar-refractivity contribution is -0.118. The molecule has 47 heavy (non-hydrogen) atoms. The predicted molar refractivity (Wildman–Crippen MR) is 180 cm³/mol. The van der Waals surface area contributed by atoms with Crippen LogP contribution in [-0.4, -0.2) is 36.4 Å². The van der Waals surface area contributed by atoms with Gasteiger partial charge in [-0.25, -0.2) is 4.85 Å². The number of aryl methyl sites for hydroxylation is 3. The van der Waals surface area contributed by atoms with Gasteiger partial charge in [0.05, 0.1) is 30.0 Å². The lowest BCUT2D eigenvalue weighted by Crippen LogP contribution is -2.37. The van der Waals surface area contributed by atoms with Gasteiger partial charge in [0.1, 0.15) is 5.69 Å². The van der Waals surface area contributed by atoms with Crippen molar-refractivity contribution in [1.82, 2.24) is 35.2 Å². The number of fused-ring (bicyclic) bond motifs is 2. The van der Waals surface area contributed by atoms with Gasteiger partial charge in [0, 0.05) is 60.5 Å². The van der Waals surface area contributed by atoms with E-state index in [4.69, 9.17) is 6.57 Å². The number of carbonyl (C=O) groups is 2. The van der Waals surface area contributed by atoms with E-state index in [1.54, 1.807) is 15.4 Å². The predicted octanol–water partition coefficient (Wildman–Crippen LogP) is 5.84. The van der Waals surface area contributed by atoms with Crippen LogP contribution in [0.3, 0.4) is 0 Å². The first-order chi connectivity index (χ1) is 22.5. The third kappa shape index (κ3) is 5.52. The number of nitrogens with one attached hydrogen (secondary N) is 3. The van der Waals surface area contributed by atoms with E-state index in [0.29, 0.717) is 29.6 Å². The van der Waals surface area contributed by atoms with Crippen molar-refractivity contribution in [1.29, 1.82) is 0 Å². The van der Waals surface area contributed by atoms with Gasteiger partial charge >= 0.3 is 0 Å². The fourth-order valence-electron chi connectivity index (χ4n) is 6.91. The molecule has 10 nitrogen and oxygen atoms in total. The minimum atomic E-state index is -0.289. The fraction of sp³-hybridized carbons (Fsp3) is 0.324. The second-order valence-corrected chi connectivity index (χ2v) is 13.5. The first-order valence-electron chi connectivity index (χ1n) is 15.9. The van der Waals surface area contributed by atoms with Gasteiger partial charge < -0.3 is 15.6 Å². The molecule has 10 heteroatoms. The van der Waals surface area contributed by atoms with Gasteiger partial charge in [-0.05, 0) is 73.1 Å². The summed E-state index contributed by atoms with van der Waals surface area (Å²) in [6.07, 6.45) is 12.1. The normalized spacial score (nSPS) is 23.6. The number of aromatic nitrogens is 5. The lowest BCUT2D eigenvalue weighted by atomic mass is 10.1. The van der Waals surface area contributed by atoms with E-state index in [1.807, 2.05) is 75.3 Å². The number of carbonyl (C=O) groups excluding carboxylic acids is 2. The molecule has 2 saturated carbocycles. The summed E-state index contributed by atoms with van der Waals surface area (Å²) in [5.41, 5.74) is 7.80. The van der Waals surface area contributed by atoms with Crippen LogP contribution in [0, 0.1) is 25.3 Å². The molecule has 0 bridgehead atoms. The second kappa shape index (κ2) is 11.1. The molecule has 5 aromatic rings. The van der Waals surface area contributed by atoms with Crippen molar-refractivity contribution in [3.05, 3.63) is 118 Å². The molecule has 2 fully saturated rings. The van der Waals surface area contributed by atoms with Gasteiger partial charge in [0.25, 0.3) is 5.91 Å². The SMILES string of the molecule is Cc1ccc2[nH]c(C(=O)NC3(c4cnn(C)c4)CC3C)cc2c1.[C-]#[N+]c1ccc2c(c1)C=C(C(=O)NC1(c3cnn(C)c3)CC1C)C2. The molecule has 0 saturated heterocycles. The maximum Gasteiger partial charge on any atom is 0.268 e. The van der Waals surface area contributed by atoms with Crippen LogP contribution in [-0.2, 0) is 36.4 Å². The molecule has 0 radical (unpaired) electrons. The molecule has 4 atom stereocenters. The average molecular weight is 627 g/mol. The Hall–Kier alpha value is -5.43. The lowest BCUT2D eigenvalue weighted by Gasteiger charge is -2.18. The van der Waals surface area contributed by atoms with Crippen LogP contribution in [0.5, 0.6) is 0 Å². The van der Waals surface area contributed by atoms with E-state index in [2.05, 4.69) is 57.5 Å². The zero-order valence-electron chi connectivity index (χ0n) is 27.3. The van der Waals surface area contributed by atoms with Crippen LogP contribution >= 0.6 is 0 Å². The highest BCUT2D eigenvalue weighted by atomic mass is 16.2. The van der Waals surface area contributed by atoms with E-state index in [1.165, 1.54) is 5.56 Å². The summed E-state index contributed by atoms with van der Waals surface area (Å²) in [6.45, 7) is 13.5. The quantitative estimate of drug-likeness (QED) is 0.206. The molecule has 0 aliphatic heterocycles. The maximum atomic E-state index is 12.8. The monoisotopic (exact) mass is 626 g/mol. The van der Waals surface area contributed by atoms with Crippen molar-refractivity contribution in [2.75, 3.05) is 0 Å². The molecule has 3 aromatic heterocycles. The molecule has 3 N–H and O–H groups in total. The molecular weight excluding hydrogens is 588 g/mol. The molecular formula is C37H38N8O2. The molecule has 3 heterocycles. The molecule has 8 rings (SSSR count). The number of H-pyrrole nitrogens is 1. The maximum absolute atomic E-state index is 12.8. The Kier molecular flexibility index (Phi) is 7.16. The van der Waals surface area contributed by atoms with Gasteiger partial charge in [0.2, 0.25) is 5.91 Å². The second-order valence-electron chi connectivity index (χ2n) is 13.5. The number of amides is 2. The van der Waals surface area contributed by atoms with Gasteiger partial charge in [0.15, 0.2) is 5.69 Å². The summed E-state index contributed by atoms with van der Waals surface area (Å²) in [4.78, 5) is 32.2. The van der Waals surface area contributed by atoms with Crippen LogP contribution in [0.15, 0.2) is 72.8 Å². The smallest absolute Gasteiger partial charge is 0.268 e. The van der Waals surface area contributed by atoms with Crippen LogP contribution in [0.1, 0.15) is 65.0 Å². The highest BCUT2D eigenvalue weighted by molar-refractivity contribution is 6.01. The third-order valence-electron chi connectivity index (χ3n) is 10.0. The highest BCUT2D eigenvalue weighted by Gasteiger charge is 2.55. The summed E-state index contributed by atoms with van der Waals surface area (Å²) >= 11 is 0. The van der Waals surface area contributed by atoms with Crippen LogP contribution in [0.4, 0.5) is 5.69 Å². The standard InChI is InChI=1S/C19H18N4O.C18H20N4O/c1-12-9-19(12,16-10-21-23(3)11-16)22-18(24)15-6-13-4-5-17(20-2)8-14(13)7-15;1-11-4-5-15-13(6-11)7-16(20-15)17(23)21-18(8-12(18)2)14-9-19-22(3)10-14/h4-5,7-8,10-12H,6,9H2,1,3H3,(H,22,24);4-7,9-10,12,20H,8H2,1-3H3,(H,21,23). The number of benzene rings is 2. The molecule has 2 amide bonds. The van der Waals surface area contributed by atoms with E-state index in [9.17, 15) is 9.59 Å². The van der Waals surface area contributed by atoms with Gasteiger partial charge in [-0.2, -0.15) is 10.2 Å². The zero-order valence-corrected chi connectivity index (χ0v) is 27.3. The van der Waals surface area contributed by atoms with Crippen LogP contribution < -0.4 is 10.6 Å². The van der Waals surface area contributed by atoms with Gasteiger partial charge in [-0.1, -0.05) is 37.6 Å². The van der Waals surface area contributed by atoms with E-state index < -0.39 is 0 Å². The topological polar surface area (TPSA) is 114 Å². The number of rotatable bonds is 6. The number of hydrogen-bond acceptors (Lipinski definition) is 4. The highest BCUT2D eigenvalue weighted by Crippen LogP contribution is 2.52. The van der Waals surface area contributed by atoms with Crippen molar-refractivity contribution >= 4 is 34.5 Å². The van der Waals surface area contributed by atoms with E-state index in [-0.39, 0.29) is 22.9 Å². The Morgan fingerprint density at radius 1 is 0.915 bits per heavy atom. The fourth-order valence-corrected chi connectivity index (χ4v) is 6.91. The van der Waals surface area contributed by atoms with Crippen molar-refractivity contribution in [3.8, 4) is 0 Å². The molecule has 3 aliphatic rings. The van der Waals surface area contributed by atoms with Crippen molar-refractivity contribution in [2.24, 2.45) is 25.9 Å². The molecule has 4 unspecified atom stereocenters. The molecule has 3 aliphatic carbocycles. The number of aromatic amines is 1. The summed E-state index contributed by atoms with van der Waals surface area (Å²) < 4.78 is 3.55. The Balaban J connectivity index is 0.000000150. The summed E-state index contributed by atoms with van der Waals surface area (Å²) in [5.74, 6) is 0.738. The van der Waals surface area contributed by atoms with Crippen molar-refractivity contribution in [2.45, 2.75) is 51.1 Å². The third-order valence-corrected chi connectivity index (χ3v) is 10.0. The van der Waals surface area contributed by atoms with Gasteiger partial charge in [-0.3, -0.25) is 19.0 Å². The molecule has 238 valence electrons. The van der Waals surface area contributed by atoms with Crippen LogP contribution in [0.2, 0.25) is 0 Å². The average Bonchev–Trinajstić information content (AvgIpc) is 3.51. The summed E-state index contributed by atoms with van der Waals surface area (Å²) in [7, 11) is 3.78. The van der Waals surface area contributed by atoms with Crippen molar-refractivity contribution < 1.29 is 9.59 Å². The first-order valence-corrected chi connectivity index (χ1v) is 15.9. The molecule has 2 aromatic carbocycles. The van der Waals surface area contributed by atoms with Crippen LogP contribution in [0.25, 0.3) is 21.8 Å². The Morgan fingerprint density at radius 3 is 2.09 bits per heavy atom. The Labute approximate surface area is 273 Å². The minimum Gasteiger partial charge on any atom is -0.351 e. The van der Waals surface area contributed by atoms with Crippen molar-refractivity contribution in [3.63, 3.8) is 0 Å². The first kappa shape index (κ1) is 30.2. The number of hydrogen-bond donors (Lipinski definition) is 3. The van der Waals surface area contributed by atoms with E-state index in [0.717, 1.165) is 51.6 Å². The minimum absolute atomic E-state index is 0.0243. The van der Waals surface area contributed by atoms with E-state index >= 15 is 0 Å².